The topological polar surface area (TPSA) is 66.0 Å². The molecular weight excluding hydrogens is 228 g/mol. The molecule has 18 heavy (non-hydrogen) atoms. The molecule has 0 unspecified atom stereocenters. The highest BCUT2D eigenvalue weighted by molar-refractivity contribution is 5.92. The number of nitrogens with zero attached hydrogens (tertiary/aromatic N) is 1. The van der Waals surface area contributed by atoms with Crippen LogP contribution in [0.25, 0.3) is 0 Å². The lowest BCUT2D eigenvalue weighted by Crippen LogP contribution is -2.47. The lowest BCUT2D eigenvalue weighted by molar-refractivity contribution is 0.0879. The molecule has 0 radical (unpaired) electrons. The zero-order chi connectivity index (χ0) is 12.8. The number of rotatable bonds is 2. The van der Waals surface area contributed by atoms with Crippen molar-refractivity contribution in [1.82, 2.24) is 5.32 Å². The molecule has 1 saturated carbocycles. The van der Waals surface area contributed by atoms with Gasteiger partial charge in [-0.1, -0.05) is 32.1 Å². The first kappa shape index (κ1) is 12.7. The molecule has 0 aromatic carbocycles. The Bertz CT molecular complexity index is 423. The van der Waals surface area contributed by atoms with Gasteiger partial charge in [-0.05, 0) is 25.0 Å². The van der Waals surface area contributed by atoms with Gasteiger partial charge >= 0.3 is 0 Å². The van der Waals surface area contributed by atoms with E-state index in [-0.39, 0.29) is 11.7 Å². The first-order chi connectivity index (χ1) is 8.76. The zero-order valence-electron chi connectivity index (χ0n) is 10.4. The summed E-state index contributed by atoms with van der Waals surface area (Å²) in [6, 6.07) is 5.59. The summed E-state index contributed by atoms with van der Waals surface area (Å²) in [5.41, 5.74) is -0.718. The Labute approximate surface area is 107 Å². The lowest BCUT2D eigenvalue weighted by Gasteiger charge is -2.29. The minimum absolute atomic E-state index is 0.270. The van der Waals surface area contributed by atoms with E-state index in [9.17, 15) is 10.1 Å². The van der Waals surface area contributed by atoms with Gasteiger partial charge in [0.15, 0.2) is 5.76 Å². The summed E-state index contributed by atoms with van der Waals surface area (Å²) in [4.78, 5) is 12.0. The van der Waals surface area contributed by atoms with Gasteiger partial charge in [0, 0.05) is 0 Å². The van der Waals surface area contributed by atoms with Gasteiger partial charge in [-0.15, -0.1) is 0 Å². The van der Waals surface area contributed by atoms with Gasteiger partial charge < -0.3 is 9.73 Å². The van der Waals surface area contributed by atoms with E-state index in [1.165, 1.54) is 12.7 Å². The Morgan fingerprint density at radius 2 is 1.94 bits per heavy atom. The number of hydrogen-bond acceptors (Lipinski definition) is 3. The predicted molar refractivity (Wildman–Crippen MR) is 66.8 cm³/mol. The second kappa shape index (κ2) is 5.72. The van der Waals surface area contributed by atoms with E-state index < -0.39 is 5.54 Å². The molecule has 0 atom stereocenters. The van der Waals surface area contributed by atoms with Crippen molar-refractivity contribution in [3.63, 3.8) is 0 Å². The van der Waals surface area contributed by atoms with Gasteiger partial charge in [0.2, 0.25) is 0 Å². The molecule has 1 fully saturated rings. The summed E-state index contributed by atoms with van der Waals surface area (Å²) in [5, 5.41) is 12.3. The summed E-state index contributed by atoms with van der Waals surface area (Å²) in [7, 11) is 0. The molecule has 1 aromatic rings. The highest BCUT2D eigenvalue weighted by Gasteiger charge is 2.32. The second-order valence-electron chi connectivity index (χ2n) is 4.89. The van der Waals surface area contributed by atoms with E-state index in [1.807, 2.05) is 0 Å². The molecule has 0 spiro atoms. The fourth-order valence-corrected chi connectivity index (χ4v) is 2.46. The van der Waals surface area contributed by atoms with Crippen molar-refractivity contribution in [3.05, 3.63) is 24.2 Å². The van der Waals surface area contributed by atoms with Crippen LogP contribution in [-0.2, 0) is 0 Å². The second-order valence-corrected chi connectivity index (χ2v) is 4.89. The largest absolute Gasteiger partial charge is 0.459 e. The minimum atomic E-state index is -0.718. The van der Waals surface area contributed by atoms with Crippen LogP contribution in [0.15, 0.2) is 22.8 Å². The maximum absolute atomic E-state index is 12.0. The molecule has 0 saturated heterocycles. The van der Waals surface area contributed by atoms with E-state index in [0.29, 0.717) is 0 Å². The highest BCUT2D eigenvalue weighted by Crippen LogP contribution is 2.26. The molecule has 4 nitrogen and oxygen atoms in total. The van der Waals surface area contributed by atoms with Crippen LogP contribution in [0.4, 0.5) is 0 Å². The SMILES string of the molecule is N#CC1(NC(=O)c2ccco2)CCCCCCC1. The molecular formula is C14H18N2O2. The Morgan fingerprint density at radius 1 is 1.28 bits per heavy atom. The van der Waals surface area contributed by atoms with Crippen molar-refractivity contribution < 1.29 is 9.21 Å². The summed E-state index contributed by atoms with van der Waals surface area (Å²) in [6.07, 6.45) is 8.42. The molecule has 1 aromatic heterocycles. The Kier molecular flexibility index (Phi) is 4.03. The maximum atomic E-state index is 12.0. The third-order valence-corrected chi connectivity index (χ3v) is 3.52. The molecule has 4 heteroatoms. The highest BCUT2D eigenvalue weighted by atomic mass is 16.3. The number of hydrogen-bond donors (Lipinski definition) is 1. The van der Waals surface area contributed by atoms with Crippen LogP contribution in [0.1, 0.15) is 55.5 Å². The summed E-state index contributed by atoms with van der Waals surface area (Å²) in [5.74, 6) is -0.0196. The van der Waals surface area contributed by atoms with Gasteiger partial charge in [0.1, 0.15) is 5.54 Å². The van der Waals surface area contributed by atoms with E-state index in [0.717, 1.165) is 38.5 Å². The molecule has 2 rings (SSSR count). The molecule has 0 aliphatic heterocycles. The first-order valence-corrected chi connectivity index (χ1v) is 6.53. The summed E-state index contributed by atoms with van der Waals surface area (Å²) in [6.45, 7) is 0. The predicted octanol–water partition coefficient (Wildman–Crippen LogP) is 3.02. The average molecular weight is 246 g/mol. The van der Waals surface area contributed by atoms with Crippen molar-refractivity contribution in [2.24, 2.45) is 0 Å². The van der Waals surface area contributed by atoms with Crippen molar-refractivity contribution >= 4 is 5.91 Å². The van der Waals surface area contributed by atoms with Crippen LogP contribution < -0.4 is 5.32 Å². The molecule has 0 bridgehead atoms. The number of amides is 1. The zero-order valence-corrected chi connectivity index (χ0v) is 10.4. The molecule has 1 amide bonds. The summed E-state index contributed by atoms with van der Waals surface area (Å²) >= 11 is 0. The fourth-order valence-electron chi connectivity index (χ4n) is 2.46. The summed E-state index contributed by atoms with van der Waals surface area (Å²) < 4.78 is 5.06. The van der Waals surface area contributed by atoms with Crippen LogP contribution in [0, 0.1) is 11.3 Å². The molecule has 1 aliphatic rings. The van der Waals surface area contributed by atoms with Crippen LogP contribution in [0.2, 0.25) is 0 Å². The quantitative estimate of drug-likeness (QED) is 0.872. The van der Waals surface area contributed by atoms with Crippen LogP contribution >= 0.6 is 0 Å². The van der Waals surface area contributed by atoms with Crippen molar-refractivity contribution in [2.75, 3.05) is 0 Å². The smallest absolute Gasteiger partial charge is 0.288 e. The third-order valence-electron chi connectivity index (χ3n) is 3.52. The molecule has 1 aliphatic carbocycles. The van der Waals surface area contributed by atoms with Gasteiger partial charge in [-0.25, -0.2) is 0 Å². The van der Waals surface area contributed by atoms with Gasteiger partial charge in [-0.3, -0.25) is 4.79 Å². The maximum Gasteiger partial charge on any atom is 0.288 e. The van der Waals surface area contributed by atoms with Crippen LogP contribution in [0.5, 0.6) is 0 Å². The van der Waals surface area contributed by atoms with Crippen molar-refractivity contribution in [2.45, 2.75) is 50.5 Å². The lowest BCUT2D eigenvalue weighted by atomic mass is 9.85. The van der Waals surface area contributed by atoms with E-state index in [4.69, 9.17) is 4.42 Å². The third kappa shape index (κ3) is 2.92. The number of carbonyl (C=O) groups is 1. The molecule has 96 valence electrons. The number of nitrogens with one attached hydrogen (secondary N) is 1. The Morgan fingerprint density at radius 3 is 2.50 bits per heavy atom. The van der Waals surface area contributed by atoms with E-state index in [1.54, 1.807) is 12.1 Å². The first-order valence-electron chi connectivity index (χ1n) is 6.53. The minimum Gasteiger partial charge on any atom is -0.459 e. The number of carbonyl (C=O) groups excluding carboxylic acids is 1. The average Bonchev–Trinajstić information content (AvgIpc) is 2.86. The standard InChI is InChI=1S/C14H18N2O2/c15-11-14(8-4-2-1-3-5-9-14)16-13(17)12-7-6-10-18-12/h6-7,10H,1-5,8-9H2,(H,16,17). The molecule has 1 heterocycles. The van der Waals surface area contributed by atoms with Gasteiger partial charge in [-0.2, -0.15) is 5.26 Å². The Hall–Kier alpha value is -1.76. The molecule has 1 N–H and O–H groups in total. The van der Waals surface area contributed by atoms with Crippen molar-refractivity contribution in [3.8, 4) is 6.07 Å². The number of furan rings is 1. The normalized spacial score (nSPS) is 19.3. The van der Waals surface area contributed by atoms with Crippen LogP contribution in [-0.4, -0.2) is 11.4 Å². The number of nitriles is 1. The van der Waals surface area contributed by atoms with Crippen LogP contribution in [0.3, 0.4) is 0 Å². The van der Waals surface area contributed by atoms with Crippen molar-refractivity contribution in [1.29, 1.82) is 5.26 Å². The fraction of sp³-hybridized carbons (Fsp3) is 0.571. The Balaban J connectivity index is 2.07. The van der Waals surface area contributed by atoms with Gasteiger partial charge in [0.25, 0.3) is 5.91 Å². The van der Waals surface area contributed by atoms with E-state index in [2.05, 4.69) is 11.4 Å². The van der Waals surface area contributed by atoms with E-state index >= 15 is 0 Å². The monoisotopic (exact) mass is 246 g/mol. The van der Waals surface area contributed by atoms with Gasteiger partial charge in [0.05, 0.1) is 12.3 Å².